The molecule has 3 rings (SSSR count). The Labute approximate surface area is 126 Å². The lowest BCUT2D eigenvalue weighted by Gasteiger charge is -2.03. The summed E-state index contributed by atoms with van der Waals surface area (Å²) in [6, 6.07) is 13.9. The van der Waals surface area contributed by atoms with E-state index in [4.69, 9.17) is 9.15 Å². The first-order chi connectivity index (χ1) is 10.7. The van der Waals surface area contributed by atoms with Crippen LogP contribution in [-0.4, -0.2) is 17.3 Å². The molecule has 0 aliphatic rings. The Kier molecular flexibility index (Phi) is 4.00. The van der Waals surface area contributed by atoms with Gasteiger partial charge in [0, 0.05) is 12.1 Å². The summed E-state index contributed by atoms with van der Waals surface area (Å²) in [4.78, 5) is 0. The zero-order valence-electron chi connectivity index (χ0n) is 11.9. The first kappa shape index (κ1) is 14.1. The Hall–Kier alpha value is -2.89. The predicted octanol–water partition coefficient (Wildman–Crippen LogP) is 3.50. The Morgan fingerprint density at radius 1 is 1.05 bits per heavy atom. The summed E-state index contributed by atoms with van der Waals surface area (Å²) < 4.78 is 23.5. The molecule has 1 heterocycles. The van der Waals surface area contributed by atoms with E-state index in [0.29, 0.717) is 24.0 Å². The molecule has 0 fully saturated rings. The van der Waals surface area contributed by atoms with Gasteiger partial charge < -0.3 is 14.5 Å². The topological polar surface area (TPSA) is 60.2 Å². The molecule has 0 aliphatic heterocycles. The van der Waals surface area contributed by atoms with Gasteiger partial charge in [-0.25, -0.2) is 4.39 Å². The molecule has 0 bridgehead atoms. The van der Waals surface area contributed by atoms with Gasteiger partial charge in [-0.1, -0.05) is 17.2 Å². The van der Waals surface area contributed by atoms with Crippen LogP contribution < -0.4 is 10.1 Å². The standard InChI is InChI=1S/C16H14FN3O2/c1-21-14-8-2-11(3-9-14)10-18-16-20-19-15(22-16)12-4-6-13(17)7-5-12/h2-9H,10H2,1H3,(H,18,20). The number of nitrogens with zero attached hydrogens (tertiary/aromatic N) is 2. The second-order valence-electron chi connectivity index (χ2n) is 4.62. The highest BCUT2D eigenvalue weighted by molar-refractivity contribution is 5.53. The molecule has 0 aliphatic carbocycles. The van der Waals surface area contributed by atoms with Crippen LogP contribution >= 0.6 is 0 Å². The van der Waals surface area contributed by atoms with Crippen molar-refractivity contribution in [1.29, 1.82) is 0 Å². The van der Waals surface area contributed by atoms with Crippen LogP contribution in [0.2, 0.25) is 0 Å². The Morgan fingerprint density at radius 2 is 1.77 bits per heavy atom. The normalized spacial score (nSPS) is 10.5. The third-order valence-electron chi connectivity index (χ3n) is 3.12. The number of benzene rings is 2. The van der Waals surface area contributed by atoms with Crippen LogP contribution in [0.3, 0.4) is 0 Å². The van der Waals surface area contributed by atoms with Gasteiger partial charge in [0.25, 0.3) is 0 Å². The quantitative estimate of drug-likeness (QED) is 0.781. The van der Waals surface area contributed by atoms with Crippen LogP contribution in [0, 0.1) is 5.82 Å². The molecule has 0 unspecified atom stereocenters. The molecule has 0 amide bonds. The molecule has 1 aromatic heterocycles. The first-order valence-corrected chi connectivity index (χ1v) is 6.71. The number of anilines is 1. The van der Waals surface area contributed by atoms with E-state index in [1.54, 1.807) is 19.2 Å². The molecule has 0 saturated carbocycles. The van der Waals surface area contributed by atoms with Crippen molar-refractivity contribution in [3.05, 3.63) is 59.9 Å². The van der Waals surface area contributed by atoms with Gasteiger partial charge >= 0.3 is 6.01 Å². The molecule has 1 N–H and O–H groups in total. The largest absolute Gasteiger partial charge is 0.497 e. The maximum atomic E-state index is 12.9. The van der Waals surface area contributed by atoms with Crippen molar-refractivity contribution in [2.45, 2.75) is 6.54 Å². The number of hydrogen-bond donors (Lipinski definition) is 1. The zero-order chi connectivity index (χ0) is 15.4. The maximum absolute atomic E-state index is 12.9. The maximum Gasteiger partial charge on any atom is 0.316 e. The number of ether oxygens (including phenoxy) is 1. The van der Waals surface area contributed by atoms with Crippen LogP contribution in [0.25, 0.3) is 11.5 Å². The molecule has 0 radical (unpaired) electrons. The summed E-state index contributed by atoms with van der Waals surface area (Å²) in [5, 5.41) is 10.9. The van der Waals surface area contributed by atoms with Crippen molar-refractivity contribution in [2.24, 2.45) is 0 Å². The average Bonchev–Trinajstić information content (AvgIpc) is 3.03. The van der Waals surface area contributed by atoms with E-state index < -0.39 is 0 Å². The molecule has 6 heteroatoms. The second kappa shape index (κ2) is 6.26. The van der Waals surface area contributed by atoms with Crippen molar-refractivity contribution in [1.82, 2.24) is 10.2 Å². The minimum absolute atomic E-state index is 0.305. The first-order valence-electron chi connectivity index (χ1n) is 6.71. The minimum atomic E-state index is -0.305. The fourth-order valence-electron chi connectivity index (χ4n) is 1.92. The number of aromatic nitrogens is 2. The lowest BCUT2D eigenvalue weighted by Crippen LogP contribution is -1.99. The van der Waals surface area contributed by atoms with Crippen LogP contribution in [0.15, 0.2) is 52.9 Å². The number of hydrogen-bond acceptors (Lipinski definition) is 5. The van der Waals surface area contributed by atoms with Crippen LogP contribution in [0.4, 0.5) is 10.4 Å². The second-order valence-corrected chi connectivity index (χ2v) is 4.62. The summed E-state index contributed by atoms with van der Waals surface area (Å²) in [6.07, 6.45) is 0. The van der Waals surface area contributed by atoms with Crippen molar-refractivity contribution in [3.63, 3.8) is 0 Å². The SMILES string of the molecule is COc1ccc(CNc2nnc(-c3ccc(F)cc3)o2)cc1. The summed E-state index contributed by atoms with van der Waals surface area (Å²) in [5.41, 5.74) is 1.73. The molecular weight excluding hydrogens is 285 g/mol. The van der Waals surface area contributed by atoms with Crippen molar-refractivity contribution in [2.75, 3.05) is 12.4 Å². The molecule has 0 saturated heterocycles. The highest BCUT2D eigenvalue weighted by atomic mass is 19.1. The molecule has 112 valence electrons. The van der Waals surface area contributed by atoms with Crippen molar-refractivity contribution >= 4 is 6.01 Å². The highest BCUT2D eigenvalue weighted by Crippen LogP contribution is 2.20. The Balaban J connectivity index is 1.65. The van der Waals surface area contributed by atoms with E-state index in [0.717, 1.165) is 11.3 Å². The summed E-state index contributed by atoms with van der Waals surface area (Å²) in [6.45, 7) is 0.551. The van der Waals surface area contributed by atoms with E-state index in [-0.39, 0.29) is 5.82 Å². The van der Waals surface area contributed by atoms with Gasteiger partial charge in [0.2, 0.25) is 5.89 Å². The van der Waals surface area contributed by atoms with Gasteiger partial charge in [-0.15, -0.1) is 5.10 Å². The summed E-state index contributed by atoms with van der Waals surface area (Å²) in [7, 11) is 1.63. The van der Waals surface area contributed by atoms with Crippen LogP contribution in [0.1, 0.15) is 5.56 Å². The number of rotatable bonds is 5. The van der Waals surface area contributed by atoms with Gasteiger partial charge in [0.15, 0.2) is 0 Å². The van der Waals surface area contributed by atoms with E-state index in [1.165, 1.54) is 12.1 Å². The number of halogens is 1. The third-order valence-corrected chi connectivity index (χ3v) is 3.12. The van der Waals surface area contributed by atoms with Crippen LogP contribution in [-0.2, 0) is 6.54 Å². The lowest BCUT2D eigenvalue weighted by molar-refractivity contribution is 0.414. The summed E-state index contributed by atoms with van der Waals surface area (Å²) in [5.74, 6) is 0.846. The van der Waals surface area contributed by atoms with Gasteiger partial charge in [-0.05, 0) is 42.0 Å². The van der Waals surface area contributed by atoms with Gasteiger partial charge in [0.1, 0.15) is 11.6 Å². The van der Waals surface area contributed by atoms with E-state index in [2.05, 4.69) is 15.5 Å². The molecular formula is C16H14FN3O2. The van der Waals surface area contributed by atoms with Crippen molar-refractivity contribution in [3.8, 4) is 17.2 Å². The van der Waals surface area contributed by atoms with Gasteiger partial charge in [-0.2, -0.15) is 0 Å². The molecule has 2 aromatic carbocycles. The lowest BCUT2D eigenvalue weighted by atomic mass is 10.2. The van der Waals surface area contributed by atoms with Gasteiger partial charge in [0.05, 0.1) is 7.11 Å². The minimum Gasteiger partial charge on any atom is -0.497 e. The zero-order valence-corrected chi connectivity index (χ0v) is 11.9. The Morgan fingerprint density at radius 3 is 2.45 bits per heavy atom. The fraction of sp³-hybridized carbons (Fsp3) is 0.125. The predicted molar refractivity (Wildman–Crippen MR) is 80.0 cm³/mol. The number of nitrogens with one attached hydrogen (secondary N) is 1. The van der Waals surface area contributed by atoms with E-state index in [9.17, 15) is 4.39 Å². The molecule has 0 spiro atoms. The molecule has 0 atom stereocenters. The third kappa shape index (κ3) is 3.22. The average molecular weight is 299 g/mol. The van der Waals surface area contributed by atoms with E-state index >= 15 is 0 Å². The van der Waals surface area contributed by atoms with Gasteiger partial charge in [-0.3, -0.25) is 0 Å². The van der Waals surface area contributed by atoms with Crippen molar-refractivity contribution < 1.29 is 13.5 Å². The molecule has 3 aromatic rings. The fourth-order valence-corrected chi connectivity index (χ4v) is 1.92. The summed E-state index contributed by atoms with van der Waals surface area (Å²) >= 11 is 0. The van der Waals surface area contributed by atoms with E-state index in [1.807, 2.05) is 24.3 Å². The monoisotopic (exact) mass is 299 g/mol. The number of methoxy groups -OCH3 is 1. The Bertz CT molecular complexity index is 739. The smallest absolute Gasteiger partial charge is 0.316 e. The molecule has 5 nitrogen and oxygen atoms in total. The van der Waals surface area contributed by atoms with Crippen LogP contribution in [0.5, 0.6) is 5.75 Å². The highest BCUT2D eigenvalue weighted by Gasteiger charge is 2.08. The molecule has 22 heavy (non-hydrogen) atoms.